The maximum absolute atomic E-state index is 12.8. The molecule has 0 saturated carbocycles. The predicted octanol–water partition coefficient (Wildman–Crippen LogP) is 4.08. The van der Waals surface area contributed by atoms with Crippen molar-refractivity contribution in [1.82, 2.24) is 15.6 Å². The van der Waals surface area contributed by atoms with Gasteiger partial charge in [0, 0.05) is 31.4 Å². The summed E-state index contributed by atoms with van der Waals surface area (Å²) in [5.74, 6) is -0.161. The number of hydrogen-bond donors (Lipinski definition) is 3. The van der Waals surface area contributed by atoms with E-state index in [1.807, 2.05) is 37.3 Å². The lowest BCUT2D eigenvalue weighted by atomic mass is 10.1. The quantitative estimate of drug-likeness (QED) is 0.390. The van der Waals surface area contributed by atoms with E-state index in [1.165, 1.54) is 6.92 Å². The van der Waals surface area contributed by atoms with Crippen molar-refractivity contribution in [1.29, 1.82) is 0 Å². The Morgan fingerprint density at radius 3 is 2.50 bits per heavy atom. The number of benzene rings is 2. The van der Waals surface area contributed by atoms with Crippen LogP contribution in [0.5, 0.6) is 0 Å². The molecule has 32 heavy (non-hydrogen) atoms. The van der Waals surface area contributed by atoms with Gasteiger partial charge in [0.25, 0.3) is 5.91 Å². The molecule has 0 atom stereocenters. The Bertz CT molecular complexity index is 1110. The van der Waals surface area contributed by atoms with Gasteiger partial charge in [0.15, 0.2) is 0 Å². The molecule has 164 valence electrons. The second-order valence-electron chi connectivity index (χ2n) is 7.20. The number of guanidine groups is 1. The number of carbonyl (C=O) groups is 2. The maximum atomic E-state index is 12.8. The first-order valence-electron chi connectivity index (χ1n) is 10.0. The fraction of sp³-hybridized carbons (Fsp3) is 0.167. The Balaban J connectivity index is 1.76. The van der Waals surface area contributed by atoms with Crippen molar-refractivity contribution >= 4 is 35.1 Å². The number of rotatable bonds is 6. The Kier molecular flexibility index (Phi) is 7.94. The normalized spacial score (nSPS) is 11.0. The van der Waals surface area contributed by atoms with Crippen LogP contribution < -0.4 is 16.0 Å². The number of aryl methyl sites for hydroxylation is 1. The monoisotopic (exact) mass is 449 g/mol. The number of aliphatic imine (C=N–C) groups is 1. The summed E-state index contributed by atoms with van der Waals surface area (Å²) in [5, 5.41) is 9.17. The Hall–Kier alpha value is -3.71. The molecule has 0 spiro atoms. The second kappa shape index (κ2) is 11.1. The van der Waals surface area contributed by atoms with Crippen molar-refractivity contribution < 1.29 is 9.59 Å². The molecule has 0 aliphatic carbocycles. The third-order valence-electron chi connectivity index (χ3n) is 4.51. The minimum absolute atomic E-state index is 0.109. The first-order valence-corrected chi connectivity index (χ1v) is 10.4. The minimum Gasteiger partial charge on any atom is -0.352 e. The van der Waals surface area contributed by atoms with Gasteiger partial charge in [-0.3, -0.25) is 19.9 Å². The van der Waals surface area contributed by atoms with Crippen LogP contribution in [0.2, 0.25) is 5.02 Å². The third kappa shape index (κ3) is 6.92. The SMILES string of the molecule is CC(=O)NCc1ccc(C(=O)NC(=NCc2cccnc2)Nc2ccc(C)cc2Cl)cc1. The van der Waals surface area contributed by atoms with E-state index in [1.54, 1.807) is 36.7 Å². The van der Waals surface area contributed by atoms with Gasteiger partial charge in [-0.2, -0.15) is 0 Å². The molecule has 0 aliphatic heterocycles. The topological polar surface area (TPSA) is 95.5 Å². The lowest BCUT2D eigenvalue weighted by Gasteiger charge is -2.14. The minimum atomic E-state index is -0.322. The van der Waals surface area contributed by atoms with Gasteiger partial charge in [0.2, 0.25) is 11.9 Å². The number of carbonyl (C=O) groups excluding carboxylic acids is 2. The summed E-state index contributed by atoms with van der Waals surface area (Å²) in [6.07, 6.45) is 3.41. The van der Waals surface area contributed by atoms with Crippen molar-refractivity contribution in [2.24, 2.45) is 4.99 Å². The lowest BCUT2D eigenvalue weighted by Crippen LogP contribution is -2.36. The highest BCUT2D eigenvalue weighted by Crippen LogP contribution is 2.22. The molecule has 0 fully saturated rings. The largest absolute Gasteiger partial charge is 0.352 e. The Morgan fingerprint density at radius 2 is 1.84 bits per heavy atom. The van der Waals surface area contributed by atoms with Crippen LogP contribution in [-0.2, 0) is 17.9 Å². The van der Waals surface area contributed by atoms with Crippen LogP contribution >= 0.6 is 11.6 Å². The van der Waals surface area contributed by atoms with E-state index in [-0.39, 0.29) is 17.8 Å². The zero-order valence-electron chi connectivity index (χ0n) is 17.9. The molecular formula is C24H24ClN5O2. The fourth-order valence-corrected chi connectivity index (χ4v) is 3.08. The van der Waals surface area contributed by atoms with Gasteiger partial charge < -0.3 is 10.6 Å². The van der Waals surface area contributed by atoms with Crippen LogP contribution in [0.1, 0.15) is 34.0 Å². The molecule has 3 N–H and O–H groups in total. The number of amides is 2. The molecule has 1 aromatic heterocycles. The first kappa shape index (κ1) is 23.0. The molecule has 2 amide bonds. The zero-order chi connectivity index (χ0) is 22.9. The molecule has 1 heterocycles. The third-order valence-corrected chi connectivity index (χ3v) is 4.82. The van der Waals surface area contributed by atoms with Crippen LogP contribution in [0, 0.1) is 6.92 Å². The molecule has 8 heteroatoms. The molecule has 0 saturated heterocycles. The molecular weight excluding hydrogens is 426 g/mol. The van der Waals surface area contributed by atoms with Gasteiger partial charge in [-0.25, -0.2) is 4.99 Å². The van der Waals surface area contributed by atoms with Crippen LogP contribution in [0.3, 0.4) is 0 Å². The Morgan fingerprint density at radius 1 is 1.06 bits per heavy atom. The maximum Gasteiger partial charge on any atom is 0.257 e. The number of aromatic nitrogens is 1. The van der Waals surface area contributed by atoms with Gasteiger partial charge >= 0.3 is 0 Å². The van der Waals surface area contributed by atoms with Crippen molar-refractivity contribution in [3.8, 4) is 0 Å². The van der Waals surface area contributed by atoms with E-state index in [4.69, 9.17) is 11.6 Å². The standard InChI is InChI=1S/C24H24ClN5O2/c1-16-5-10-22(21(25)12-16)29-24(28-15-19-4-3-11-26-13-19)30-23(32)20-8-6-18(7-9-20)14-27-17(2)31/h3-13H,14-15H2,1-2H3,(H,27,31)(H2,28,29,30,32). The lowest BCUT2D eigenvalue weighted by molar-refractivity contribution is -0.119. The number of pyridine rings is 1. The van der Waals surface area contributed by atoms with E-state index in [0.717, 1.165) is 16.7 Å². The number of anilines is 1. The number of hydrogen-bond acceptors (Lipinski definition) is 4. The van der Waals surface area contributed by atoms with Gasteiger partial charge in [-0.15, -0.1) is 0 Å². The van der Waals surface area contributed by atoms with Gasteiger partial charge in [-0.05, 0) is 53.9 Å². The van der Waals surface area contributed by atoms with E-state index in [0.29, 0.717) is 29.4 Å². The molecule has 3 rings (SSSR count). The molecule has 0 aliphatic rings. The zero-order valence-corrected chi connectivity index (χ0v) is 18.6. The average molecular weight is 450 g/mol. The molecule has 0 radical (unpaired) electrons. The number of nitrogens with one attached hydrogen (secondary N) is 3. The first-order chi connectivity index (χ1) is 15.4. The number of nitrogens with zero attached hydrogens (tertiary/aromatic N) is 2. The van der Waals surface area contributed by atoms with Crippen LogP contribution in [0.15, 0.2) is 72.0 Å². The molecule has 7 nitrogen and oxygen atoms in total. The van der Waals surface area contributed by atoms with E-state index < -0.39 is 0 Å². The van der Waals surface area contributed by atoms with Crippen molar-refractivity contribution in [3.05, 3.63) is 94.3 Å². The summed E-state index contributed by atoms with van der Waals surface area (Å²) >= 11 is 6.34. The summed E-state index contributed by atoms with van der Waals surface area (Å²) in [6.45, 7) is 4.14. The highest BCUT2D eigenvalue weighted by molar-refractivity contribution is 6.34. The summed E-state index contributed by atoms with van der Waals surface area (Å²) in [4.78, 5) is 32.5. The van der Waals surface area contributed by atoms with Gasteiger partial charge in [-0.1, -0.05) is 35.9 Å². The smallest absolute Gasteiger partial charge is 0.257 e. The Labute approximate surface area is 191 Å². The predicted molar refractivity (Wildman–Crippen MR) is 127 cm³/mol. The van der Waals surface area contributed by atoms with Crippen molar-refractivity contribution in [2.75, 3.05) is 5.32 Å². The summed E-state index contributed by atoms with van der Waals surface area (Å²) in [5.41, 5.74) is 3.92. The average Bonchev–Trinajstić information content (AvgIpc) is 2.78. The van der Waals surface area contributed by atoms with Crippen LogP contribution in [-0.4, -0.2) is 22.8 Å². The van der Waals surface area contributed by atoms with E-state index in [2.05, 4.69) is 25.9 Å². The molecule has 0 bridgehead atoms. The van der Waals surface area contributed by atoms with Crippen LogP contribution in [0.4, 0.5) is 5.69 Å². The van der Waals surface area contributed by atoms with Crippen LogP contribution in [0.25, 0.3) is 0 Å². The highest BCUT2D eigenvalue weighted by atomic mass is 35.5. The number of halogens is 1. The van der Waals surface area contributed by atoms with Gasteiger partial charge in [0.05, 0.1) is 17.3 Å². The highest BCUT2D eigenvalue weighted by Gasteiger charge is 2.11. The summed E-state index contributed by atoms with van der Waals surface area (Å²) in [7, 11) is 0. The second-order valence-corrected chi connectivity index (χ2v) is 7.60. The fourth-order valence-electron chi connectivity index (χ4n) is 2.80. The molecule has 3 aromatic rings. The van der Waals surface area contributed by atoms with Crippen molar-refractivity contribution in [2.45, 2.75) is 26.9 Å². The van der Waals surface area contributed by atoms with Crippen molar-refractivity contribution in [3.63, 3.8) is 0 Å². The summed E-state index contributed by atoms with van der Waals surface area (Å²) < 4.78 is 0. The van der Waals surface area contributed by atoms with E-state index >= 15 is 0 Å². The van der Waals surface area contributed by atoms with E-state index in [9.17, 15) is 9.59 Å². The summed E-state index contributed by atoms with van der Waals surface area (Å²) in [6, 6.07) is 16.3. The molecule has 0 unspecified atom stereocenters. The van der Waals surface area contributed by atoms with Gasteiger partial charge in [0.1, 0.15) is 0 Å². The molecule has 2 aromatic carbocycles.